The van der Waals surface area contributed by atoms with Gasteiger partial charge in [0.2, 0.25) is 12.6 Å². The van der Waals surface area contributed by atoms with Crippen LogP contribution in [0.5, 0.6) is 23.0 Å². The Labute approximate surface area is 245 Å². The van der Waals surface area contributed by atoms with E-state index < -0.39 is 86.2 Å². The number of aromatic hydroxyl groups is 1. The summed E-state index contributed by atoms with van der Waals surface area (Å²) < 4.78 is 26.9. The highest BCUT2D eigenvalue weighted by molar-refractivity contribution is 6.10. The molecule has 0 saturated carbocycles. The molecule has 2 aromatic rings. The number of phenolic OH excluding ortho intramolecular Hbond substituents is 1. The molecule has 15 heteroatoms. The second kappa shape index (κ2) is 14.0. The van der Waals surface area contributed by atoms with Crippen LogP contribution in [-0.4, -0.2) is 133 Å². The van der Waals surface area contributed by atoms with Crippen molar-refractivity contribution in [1.29, 1.82) is 0 Å². The number of ether oxygens (including phenoxy) is 5. The fourth-order valence-electron chi connectivity index (χ4n) is 4.56. The maximum absolute atomic E-state index is 13.0. The monoisotopic (exact) mass is 610 g/mol. The van der Waals surface area contributed by atoms with E-state index in [1.165, 1.54) is 37.5 Å². The Hall–Kier alpha value is -3.35. The first-order valence-electron chi connectivity index (χ1n) is 13.2. The highest BCUT2D eigenvalue weighted by atomic mass is 16.7. The first-order valence-corrected chi connectivity index (χ1v) is 13.2. The molecule has 2 aliphatic rings. The lowest BCUT2D eigenvalue weighted by atomic mass is 9.99. The summed E-state index contributed by atoms with van der Waals surface area (Å²) in [7, 11) is 1.25. The number of allylic oxidation sites excluding steroid dienone is 1. The van der Waals surface area contributed by atoms with Crippen LogP contribution in [0.1, 0.15) is 15.9 Å². The van der Waals surface area contributed by atoms with E-state index in [4.69, 9.17) is 23.7 Å². The minimum Gasteiger partial charge on any atom is -0.507 e. The van der Waals surface area contributed by atoms with E-state index >= 15 is 0 Å². The maximum atomic E-state index is 13.0. The third kappa shape index (κ3) is 7.08. The largest absolute Gasteiger partial charge is 0.507 e. The van der Waals surface area contributed by atoms with Gasteiger partial charge in [0.15, 0.2) is 5.78 Å². The van der Waals surface area contributed by atoms with Crippen LogP contribution in [0.25, 0.3) is 6.08 Å². The summed E-state index contributed by atoms with van der Waals surface area (Å²) in [5.41, 5.74) is 0.331. The Morgan fingerprint density at radius 2 is 1.28 bits per heavy atom. The van der Waals surface area contributed by atoms with Gasteiger partial charge in [-0.15, -0.1) is 0 Å². The van der Waals surface area contributed by atoms with Crippen molar-refractivity contribution < 1.29 is 74.4 Å². The average molecular weight is 611 g/mol. The van der Waals surface area contributed by atoms with Gasteiger partial charge in [-0.2, -0.15) is 0 Å². The van der Waals surface area contributed by atoms with Gasteiger partial charge in [-0.05, 0) is 23.8 Å². The number of hydrogen-bond acceptors (Lipinski definition) is 15. The first kappa shape index (κ1) is 32.6. The van der Waals surface area contributed by atoms with Gasteiger partial charge in [0.1, 0.15) is 77.4 Å². The van der Waals surface area contributed by atoms with Crippen LogP contribution in [-0.2, 0) is 9.47 Å². The molecule has 0 amide bonds. The van der Waals surface area contributed by atoms with E-state index in [2.05, 4.69) is 0 Å². The Balaban J connectivity index is 1.43. The summed E-state index contributed by atoms with van der Waals surface area (Å²) >= 11 is 0. The molecule has 0 aliphatic carbocycles. The molecule has 4 rings (SSSR count). The van der Waals surface area contributed by atoms with E-state index in [0.717, 1.165) is 6.07 Å². The topological polar surface area (TPSA) is 245 Å². The van der Waals surface area contributed by atoms with Crippen molar-refractivity contribution in [3.8, 4) is 23.0 Å². The van der Waals surface area contributed by atoms with Crippen molar-refractivity contribution in [1.82, 2.24) is 0 Å². The van der Waals surface area contributed by atoms with Gasteiger partial charge in [0.25, 0.3) is 0 Å². The van der Waals surface area contributed by atoms with Crippen LogP contribution in [0.4, 0.5) is 0 Å². The maximum Gasteiger partial charge on any atom is 0.229 e. The smallest absolute Gasteiger partial charge is 0.229 e. The molecule has 0 spiro atoms. The number of ketones is 1. The summed E-state index contributed by atoms with van der Waals surface area (Å²) in [6, 6.07) is 8.43. The number of rotatable bonds is 10. The second-order valence-corrected chi connectivity index (χ2v) is 9.92. The Morgan fingerprint density at radius 3 is 1.77 bits per heavy atom. The molecule has 0 bridgehead atoms. The third-order valence-electron chi connectivity index (χ3n) is 7.03. The van der Waals surface area contributed by atoms with Crippen molar-refractivity contribution in [2.24, 2.45) is 0 Å². The SMILES string of the molecule is COc1cc(O[C@@H]2O[C@H](CO)[C@@H](O)[C@H](O)[C@H]2O)cc(O)c1C(=O)C=Cc1ccc(O[C@@H]2O[C@H](CO)[C@@H](O)[C@H](O)[C@H]2O)cc1. The Bertz CT molecular complexity index is 1260. The third-order valence-corrected chi connectivity index (χ3v) is 7.03. The summed E-state index contributed by atoms with van der Waals surface area (Å²) in [6.07, 6.45) is -12.2. The van der Waals surface area contributed by atoms with E-state index in [1.807, 2.05) is 0 Å². The van der Waals surface area contributed by atoms with Gasteiger partial charge in [-0.3, -0.25) is 4.79 Å². The lowest BCUT2D eigenvalue weighted by molar-refractivity contribution is -0.277. The number of phenols is 1. The number of methoxy groups -OCH3 is 1. The number of aliphatic hydroxyl groups excluding tert-OH is 8. The highest BCUT2D eigenvalue weighted by Gasteiger charge is 2.46. The van der Waals surface area contributed by atoms with E-state index in [1.54, 1.807) is 12.1 Å². The fourth-order valence-corrected chi connectivity index (χ4v) is 4.56. The van der Waals surface area contributed by atoms with Crippen molar-refractivity contribution >= 4 is 11.9 Å². The summed E-state index contributed by atoms with van der Waals surface area (Å²) in [6.45, 7) is -1.26. The molecule has 0 radical (unpaired) electrons. The first-order chi connectivity index (χ1) is 20.5. The van der Waals surface area contributed by atoms with Crippen LogP contribution in [0.2, 0.25) is 0 Å². The molecule has 0 unspecified atom stereocenters. The van der Waals surface area contributed by atoms with Crippen LogP contribution < -0.4 is 14.2 Å². The Kier molecular flexibility index (Phi) is 10.6. The Morgan fingerprint density at radius 1 is 0.767 bits per heavy atom. The van der Waals surface area contributed by atoms with Crippen LogP contribution >= 0.6 is 0 Å². The number of hydrogen-bond donors (Lipinski definition) is 9. The van der Waals surface area contributed by atoms with E-state index in [-0.39, 0.29) is 22.8 Å². The second-order valence-electron chi connectivity index (χ2n) is 9.92. The minimum atomic E-state index is -1.69. The molecular formula is C28H34O15. The molecule has 15 nitrogen and oxygen atoms in total. The summed E-state index contributed by atoms with van der Waals surface area (Å²) in [5.74, 6) is -1.14. The fraction of sp³-hybridized carbons (Fsp3) is 0.464. The predicted molar refractivity (Wildman–Crippen MR) is 143 cm³/mol. The minimum absolute atomic E-state index is 0.0856. The summed E-state index contributed by atoms with van der Waals surface area (Å²) in [4.78, 5) is 13.0. The number of carbonyl (C=O) groups excluding carboxylic acids is 1. The zero-order valence-corrected chi connectivity index (χ0v) is 22.8. The molecule has 2 aliphatic heterocycles. The normalized spacial score (nSPS) is 32.9. The number of carbonyl (C=O) groups is 1. The predicted octanol–water partition coefficient (Wildman–Crippen LogP) is -2.35. The molecule has 10 atom stereocenters. The molecule has 2 aromatic carbocycles. The molecule has 43 heavy (non-hydrogen) atoms. The van der Waals surface area contributed by atoms with Crippen molar-refractivity contribution in [3.05, 3.63) is 53.6 Å². The molecule has 0 aromatic heterocycles. The number of benzene rings is 2. The lowest BCUT2D eigenvalue weighted by Crippen LogP contribution is -2.60. The number of aliphatic hydroxyl groups is 8. The quantitative estimate of drug-likeness (QED) is 0.101. The van der Waals surface area contributed by atoms with Gasteiger partial charge in [-0.25, -0.2) is 0 Å². The van der Waals surface area contributed by atoms with E-state index in [0.29, 0.717) is 5.56 Å². The van der Waals surface area contributed by atoms with Gasteiger partial charge in [0.05, 0.1) is 20.3 Å². The van der Waals surface area contributed by atoms with Gasteiger partial charge >= 0.3 is 0 Å². The molecule has 2 saturated heterocycles. The van der Waals surface area contributed by atoms with Crippen molar-refractivity contribution in [2.75, 3.05) is 20.3 Å². The van der Waals surface area contributed by atoms with Crippen LogP contribution in [0, 0.1) is 0 Å². The van der Waals surface area contributed by atoms with Crippen molar-refractivity contribution in [2.45, 2.75) is 61.4 Å². The van der Waals surface area contributed by atoms with Crippen molar-refractivity contribution in [3.63, 3.8) is 0 Å². The van der Waals surface area contributed by atoms with Crippen LogP contribution in [0.15, 0.2) is 42.5 Å². The van der Waals surface area contributed by atoms with E-state index in [9.17, 15) is 50.8 Å². The molecule has 2 fully saturated rings. The molecule has 9 N–H and O–H groups in total. The molecule has 2 heterocycles. The highest BCUT2D eigenvalue weighted by Crippen LogP contribution is 2.36. The molecule has 236 valence electrons. The van der Waals surface area contributed by atoms with Crippen LogP contribution in [0.3, 0.4) is 0 Å². The summed E-state index contributed by atoms with van der Waals surface area (Å²) in [5, 5.41) is 89.3. The van der Waals surface area contributed by atoms with Gasteiger partial charge < -0.3 is 69.6 Å². The molecular weight excluding hydrogens is 576 g/mol. The zero-order valence-electron chi connectivity index (χ0n) is 22.8. The standard InChI is InChI=1S/C28H34O15/c1-39-17-9-14(41-28-26(38)24(36)22(34)19(11-30)43-28)8-16(32)20(17)15(31)7-4-12-2-5-13(6-3-12)40-27-25(37)23(35)21(33)18(10-29)42-27/h2-9,18-19,21-30,32-38H,10-11H2,1H3/t18-,19-,21-,22-,23+,24+,25-,26-,27-,28-/m1/s1. The zero-order chi connectivity index (χ0) is 31.4. The van der Waals surface area contributed by atoms with Gasteiger partial charge in [-0.1, -0.05) is 18.2 Å². The average Bonchev–Trinajstić information content (AvgIpc) is 3.00. The van der Waals surface area contributed by atoms with Gasteiger partial charge in [0, 0.05) is 12.1 Å². The lowest BCUT2D eigenvalue weighted by Gasteiger charge is -2.39.